The molecule has 0 radical (unpaired) electrons. The molecule has 2 heterocycles. The highest BCUT2D eigenvalue weighted by atomic mass is 16.5. The first-order valence-electron chi connectivity index (χ1n) is 6.47. The molecule has 0 spiro atoms. The lowest BCUT2D eigenvalue weighted by Crippen LogP contribution is -2.11. The van der Waals surface area contributed by atoms with Crippen molar-refractivity contribution in [2.45, 2.75) is 25.8 Å². The SMILES string of the molecule is COc1cccc(-c2nc3n(c2C#N)CCCC3)c1. The molecule has 3 rings (SSSR count). The molecule has 96 valence electrons. The summed E-state index contributed by atoms with van der Waals surface area (Å²) < 4.78 is 7.29. The van der Waals surface area contributed by atoms with Crippen molar-refractivity contribution in [2.75, 3.05) is 7.11 Å². The number of nitriles is 1. The molecule has 0 fully saturated rings. The van der Waals surface area contributed by atoms with Crippen molar-refractivity contribution in [1.29, 1.82) is 5.26 Å². The number of nitrogens with zero attached hydrogens (tertiary/aromatic N) is 3. The second-order valence-corrected chi connectivity index (χ2v) is 4.68. The van der Waals surface area contributed by atoms with Gasteiger partial charge in [-0.3, -0.25) is 0 Å². The lowest BCUT2D eigenvalue weighted by Gasteiger charge is -2.13. The largest absolute Gasteiger partial charge is 0.497 e. The van der Waals surface area contributed by atoms with E-state index >= 15 is 0 Å². The molecule has 0 amide bonds. The Morgan fingerprint density at radius 2 is 2.26 bits per heavy atom. The van der Waals surface area contributed by atoms with Gasteiger partial charge in [-0.2, -0.15) is 5.26 Å². The molecule has 1 aromatic carbocycles. The van der Waals surface area contributed by atoms with Crippen LogP contribution in [0.25, 0.3) is 11.3 Å². The molecule has 4 nitrogen and oxygen atoms in total. The highest BCUT2D eigenvalue weighted by Crippen LogP contribution is 2.29. The minimum atomic E-state index is 0.669. The van der Waals surface area contributed by atoms with Gasteiger partial charge in [0.15, 0.2) is 0 Å². The quantitative estimate of drug-likeness (QED) is 0.827. The van der Waals surface area contributed by atoms with Crippen molar-refractivity contribution in [3.8, 4) is 23.1 Å². The van der Waals surface area contributed by atoms with Crippen molar-refractivity contribution >= 4 is 0 Å². The molecule has 0 N–H and O–H groups in total. The van der Waals surface area contributed by atoms with E-state index in [2.05, 4.69) is 15.6 Å². The molecule has 0 aliphatic carbocycles. The normalized spacial score (nSPS) is 13.7. The summed E-state index contributed by atoms with van der Waals surface area (Å²) in [7, 11) is 1.64. The molecule has 0 atom stereocenters. The zero-order valence-electron chi connectivity index (χ0n) is 10.9. The highest BCUT2D eigenvalue weighted by molar-refractivity contribution is 5.67. The van der Waals surface area contributed by atoms with Crippen LogP contribution in [0.1, 0.15) is 24.4 Å². The minimum Gasteiger partial charge on any atom is -0.497 e. The van der Waals surface area contributed by atoms with Crippen molar-refractivity contribution in [1.82, 2.24) is 9.55 Å². The maximum absolute atomic E-state index is 9.41. The van der Waals surface area contributed by atoms with Gasteiger partial charge >= 0.3 is 0 Å². The number of ether oxygens (including phenoxy) is 1. The summed E-state index contributed by atoms with van der Waals surface area (Å²) in [4.78, 5) is 4.65. The molecular formula is C15H15N3O. The highest BCUT2D eigenvalue weighted by Gasteiger charge is 2.20. The van der Waals surface area contributed by atoms with Gasteiger partial charge in [-0.15, -0.1) is 0 Å². The number of aromatic nitrogens is 2. The minimum absolute atomic E-state index is 0.669. The van der Waals surface area contributed by atoms with Crippen LogP contribution in [0.5, 0.6) is 5.75 Å². The predicted molar refractivity (Wildman–Crippen MR) is 71.9 cm³/mol. The molecule has 2 aromatic rings. The van der Waals surface area contributed by atoms with Gasteiger partial charge in [0.25, 0.3) is 0 Å². The third kappa shape index (κ3) is 1.97. The lowest BCUT2D eigenvalue weighted by molar-refractivity contribution is 0.415. The van der Waals surface area contributed by atoms with Crippen LogP contribution < -0.4 is 4.74 Å². The van der Waals surface area contributed by atoms with E-state index in [1.165, 1.54) is 0 Å². The van der Waals surface area contributed by atoms with Crippen LogP contribution in [-0.2, 0) is 13.0 Å². The first-order valence-corrected chi connectivity index (χ1v) is 6.47. The first kappa shape index (κ1) is 11.8. The van der Waals surface area contributed by atoms with Gasteiger partial charge in [0.1, 0.15) is 29.0 Å². The van der Waals surface area contributed by atoms with Crippen LogP contribution >= 0.6 is 0 Å². The van der Waals surface area contributed by atoms with E-state index in [0.29, 0.717) is 5.69 Å². The number of fused-ring (bicyclic) bond motifs is 1. The van der Waals surface area contributed by atoms with Crippen LogP contribution in [0.3, 0.4) is 0 Å². The van der Waals surface area contributed by atoms with Crippen LogP contribution in [0, 0.1) is 11.3 Å². The molecule has 4 heteroatoms. The Kier molecular flexibility index (Phi) is 2.96. The monoisotopic (exact) mass is 253 g/mol. The van der Waals surface area contributed by atoms with E-state index in [9.17, 15) is 5.26 Å². The Bertz CT molecular complexity index is 652. The first-order chi connectivity index (χ1) is 9.33. The number of hydrogen-bond acceptors (Lipinski definition) is 3. The second-order valence-electron chi connectivity index (χ2n) is 4.68. The van der Waals surface area contributed by atoms with E-state index in [4.69, 9.17) is 4.74 Å². The van der Waals surface area contributed by atoms with Gasteiger partial charge in [0.2, 0.25) is 0 Å². The van der Waals surface area contributed by atoms with Crippen LogP contribution in [0.15, 0.2) is 24.3 Å². The Hall–Kier alpha value is -2.28. The molecule has 0 bridgehead atoms. The second kappa shape index (κ2) is 4.77. The number of imidazole rings is 1. The molecular weight excluding hydrogens is 238 g/mol. The lowest BCUT2D eigenvalue weighted by atomic mass is 10.1. The fraction of sp³-hybridized carbons (Fsp3) is 0.333. The number of hydrogen-bond donors (Lipinski definition) is 0. The summed E-state index contributed by atoms with van der Waals surface area (Å²) in [5.74, 6) is 1.81. The summed E-state index contributed by atoms with van der Waals surface area (Å²) in [5.41, 5.74) is 2.39. The molecule has 0 unspecified atom stereocenters. The van der Waals surface area contributed by atoms with Gasteiger partial charge in [-0.1, -0.05) is 12.1 Å². The average molecular weight is 253 g/mol. The summed E-state index contributed by atoms with van der Waals surface area (Å²) in [6, 6.07) is 10.0. The Labute approximate surface area is 112 Å². The van der Waals surface area contributed by atoms with Crippen LogP contribution in [0.2, 0.25) is 0 Å². The number of rotatable bonds is 2. The summed E-state index contributed by atoms with van der Waals surface area (Å²) in [6.45, 7) is 0.898. The summed E-state index contributed by atoms with van der Waals surface area (Å²) in [5, 5.41) is 9.41. The standard InChI is InChI=1S/C15H15N3O/c1-19-12-6-4-5-11(9-12)15-13(10-16)18-8-3-2-7-14(18)17-15/h4-6,9H,2-3,7-8H2,1H3. The molecule has 19 heavy (non-hydrogen) atoms. The zero-order chi connectivity index (χ0) is 13.2. The third-order valence-corrected chi connectivity index (χ3v) is 3.53. The fourth-order valence-electron chi connectivity index (χ4n) is 2.57. The van der Waals surface area contributed by atoms with E-state index < -0.39 is 0 Å². The molecule has 0 saturated heterocycles. The van der Waals surface area contributed by atoms with Gasteiger partial charge in [-0.25, -0.2) is 4.98 Å². The van der Waals surface area contributed by atoms with Crippen molar-refractivity contribution in [3.05, 3.63) is 35.8 Å². The number of benzene rings is 1. The third-order valence-electron chi connectivity index (χ3n) is 3.53. The average Bonchev–Trinajstić information content (AvgIpc) is 2.86. The van der Waals surface area contributed by atoms with Crippen LogP contribution in [0.4, 0.5) is 0 Å². The Balaban J connectivity index is 2.14. The van der Waals surface area contributed by atoms with E-state index in [-0.39, 0.29) is 0 Å². The van der Waals surface area contributed by atoms with Crippen molar-refractivity contribution in [3.63, 3.8) is 0 Å². The van der Waals surface area contributed by atoms with Crippen LogP contribution in [-0.4, -0.2) is 16.7 Å². The van der Waals surface area contributed by atoms with Crippen molar-refractivity contribution in [2.24, 2.45) is 0 Å². The van der Waals surface area contributed by atoms with Crippen molar-refractivity contribution < 1.29 is 4.74 Å². The summed E-state index contributed by atoms with van der Waals surface area (Å²) in [6.07, 6.45) is 3.23. The number of methoxy groups -OCH3 is 1. The molecule has 0 saturated carbocycles. The van der Waals surface area contributed by atoms with E-state index in [0.717, 1.165) is 48.6 Å². The van der Waals surface area contributed by atoms with Gasteiger partial charge < -0.3 is 9.30 Å². The van der Waals surface area contributed by atoms with Gasteiger partial charge in [-0.05, 0) is 25.0 Å². The summed E-state index contributed by atoms with van der Waals surface area (Å²) >= 11 is 0. The Morgan fingerprint density at radius 1 is 1.37 bits per heavy atom. The topological polar surface area (TPSA) is 50.8 Å². The zero-order valence-corrected chi connectivity index (χ0v) is 10.9. The van der Waals surface area contributed by atoms with E-state index in [1.807, 2.05) is 24.3 Å². The molecule has 1 aliphatic heterocycles. The van der Waals surface area contributed by atoms with Gasteiger partial charge in [0.05, 0.1) is 7.11 Å². The number of aryl methyl sites for hydroxylation is 1. The fourth-order valence-corrected chi connectivity index (χ4v) is 2.57. The Morgan fingerprint density at radius 3 is 3.05 bits per heavy atom. The smallest absolute Gasteiger partial charge is 0.148 e. The van der Waals surface area contributed by atoms with Gasteiger partial charge in [0, 0.05) is 18.5 Å². The molecule has 1 aromatic heterocycles. The predicted octanol–water partition coefficient (Wildman–Crippen LogP) is 2.77. The van der Waals surface area contributed by atoms with E-state index in [1.54, 1.807) is 7.11 Å². The maximum Gasteiger partial charge on any atom is 0.148 e. The maximum atomic E-state index is 9.41. The molecule has 1 aliphatic rings.